The summed E-state index contributed by atoms with van der Waals surface area (Å²) < 4.78 is 11.7. The van der Waals surface area contributed by atoms with Gasteiger partial charge in [-0.25, -0.2) is 0 Å². The summed E-state index contributed by atoms with van der Waals surface area (Å²) in [6.07, 6.45) is -10.0. The first-order chi connectivity index (χ1) is 36.2. The normalized spacial score (nSPS) is 13.9. The molecule has 4 unspecified atom stereocenters. The number of amides is 5. The molecule has 78 heavy (non-hydrogen) atoms. The molecule has 0 rings (SSSR count). The summed E-state index contributed by atoms with van der Waals surface area (Å²) in [6.45, 7) is -2.12. The number of carbonyl (C=O) groups is 8. The van der Waals surface area contributed by atoms with Crippen molar-refractivity contribution in [3.05, 3.63) is 0 Å². The van der Waals surface area contributed by atoms with E-state index in [1.165, 1.54) is 14.7 Å². The van der Waals surface area contributed by atoms with E-state index >= 15 is 0 Å². The molecule has 4 atom stereocenters. The zero-order valence-electron chi connectivity index (χ0n) is 43.4. The van der Waals surface area contributed by atoms with E-state index in [9.17, 15) is 113 Å². The summed E-state index contributed by atoms with van der Waals surface area (Å²) >= 11 is 0. The molecular formula is C40H80N13O23P2-. The Kier molecular flexibility index (Phi) is 36.2. The van der Waals surface area contributed by atoms with E-state index in [0.29, 0.717) is 6.54 Å². The van der Waals surface area contributed by atoms with Gasteiger partial charge in [-0.3, -0.25) is 77.2 Å². The number of carboxylic acids is 3. The van der Waals surface area contributed by atoms with Crippen molar-refractivity contribution >= 4 is 63.0 Å². The number of aliphatic hydroxyl groups is 6. The molecule has 0 radical (unpaired) electrons. The number of likely N-dealkylation sites (N-methyl/N-ethyl adjacent to an activating group) is 2. The second-order valence-electron chi connectivity index (χ2n) is 17.7. The number of hydrogen-bond acceptors (Lipinski definition) is 26. The van der Waals surface area contributed by atoms with Crippen molar-refractivity contribution in [2.75, 3.05) is 131 Å². The average Bonchev–Trinajstić information content (AvgIpc) is 3.30. The summed E-state index contributed by atoms with van der Waals surface area (Å²) in [7, 11) is -9.78. The highest BCUT2D eigenvalue weighted by molar-refractivity contribution is 7.55. The van der Waals surface area contributed by atoms with E-state index < -0.39 is 190 Å². The van der Waals surface area contributed by atoms with Crippen LogP contribution in [0.1, 0.15) is 33.1 Å². The number of hydrogen-bond donors (Lipinski definition) is 19. The minimum atomic E-state index is -4.97. The molecule has 0 fully saturated rings. The van der Waals surface area contributed by atoms with E-state index in [4.69, 9.17) is 11.5 Å². The lowest BCUT2D eigenvalue weighted by Crippen LogP contribution is -2.55. The maximum atomic E-state index is 13.3. The van der Waals surface area contributed by atoms with E-state index in [2.05, 4.69) is 26.6 Å². The van der Waals surface area contributed by atoms with Crippen LogP contribution in [-0.4, -0.2) is 311 Å². The van der Waals surface area contributed by atoms with Crippen LogP contribution in [-0.2, 0) is 42.9 Å². The van der Waals surface area contributed by atoms with Crippen LogP contribution in [0, 0.1) is 0 Å². The largest absolute Gasteiger partial charge is 0.659 e. The molecule has 0 spiro atoms. The van der Waals surface area contributed by atoms with Crippen molar-refractivity contribution in [1.82, 2.24) is 56.0 Å². The standard InChI is InChI=1S/C40H81N13O23P2/c1-3-48(19-33(57)58)7-11-52(13-9-50(21-35(61)62)24-77(71,72)73)28(39(67)68)15-31(55)44-17-26(42)37(65)43-6-5-30(54)47-27(38(66)46-23-41)18-45-32(56)16-29(40(69)70)53(12-8-49(4-2)20-34(59)60)14-10-51(22-36(63)64)25-78(74,75)76/h26-29,33,35,39,57-58,61-62,67-68H,3-25,41-42H2,1-2H3,(H,43,65)(H,44,55)(H,45,56)(H,46,66)(H,47,54)(H,59,60)(H,63,64)(H,69,70)(H2,71,72,73)(H2,74,75,76)/p-1. The number of carboxylic acid groups (broad SMARTS) is 3. The summed E-state index contributed by atoms with van der Waals surface area (Å²) in [4.78, 5) is 159. The Balaban J connectivity index is 5.86. The Hall–Kier alpha value is -4.34. The molecule has 0 aliphatic rings. The number of aliphatic carboxylic acids is 3. The van der Waals surface area contributed by atoms with Gasteiger partial charge < -0.3 is 104 Å². The van der Waals surface area contributed by atoms with Gasteiger partial charge in [0.25, 0.3) is 0 Å². The van der Waals surface area contributed by atoms with E-state index in [1.54, 1.807) is 18.7 Å². The lowest BCUT2D eigenvalue weighted by atomic mass is 10.1. The Morgan fingerprint density at radius 1 is 0.628 bits per heavy atom. The zero-order chi connectivity index (χ0) is 59.9. The molecule has 0 aromatic rings. The SMILES string of the molecule is CCN(CCN(CCN(CC(=O)O)CP(=O)(O)O)C(CC(=O)NCC(NC(=O)CCNC(=O)C(N)CNC(=O)CC(C(O)O)N(CCN(CC)CC(O)O)CCN(CC(O)O)C[P+]([O-])([O-])O)C(=O)NCN)C(=O)O)CC(=O)O. The van der Waals surface area contributed by atoms with Gasteiger partial charge in [0.2, 0.25) is 29.5 Å². The molecule has 0 bridgehead atoms. The minimum Gasteiger partial charge on any atom is -0.659 e. The lowest BCUT2D eigenvalue weighted by Gasteiger charge is -2.38. The fourth-order valence-corrected chi connectivity index (χ4v) is 8.94. The van der Waals surface area contributed by atoms with Crippen molar-refractivity contribution in [3.8, 4) is 0 Å². The van der Waals surface area contributed by atoms with Gasteiger partial charge in [0, 0.05) is 91.4 Å². The second kappa shape index (κ2) is 38.3. The molecule has 0 aliphatic carbocycles. The number of nitrogens with one attached hydrogen (secondary N) is 5. The molecule has 0 saturated heterocycles. The van der Waals surface area contributed by atoms with Crippen LogP contribution in [0.15, 0.2) is 0 Å². The molecule has 36 nitrogen and oxygen atoms in total. The molecule has 0 saturated carbocycles. The van der Waals surface area contributed by atoms with Crippen molar-refractivity contribution in [3.63, 3.8) is 0 Å². The van der Waals surface area contributed by atoms with Gasteiger partial charge in [-0.1, -0.05) is 13.8 Å². The van der Waals surface area contributed by atoms with Crippen LogP contribution in [0.3, 0.4) is 0 Å². The van der Waals surface area contributed by atoms with Crippen LogP contribution in [0.2, 0.25) is 0 Å². The van der Waals surface area contributed by atoms with Crippen LogP contribution in [0.4, 0.5) is 0 Å². The Morgan fingerprint density at radius 2 is 1.12 bits per heavy atom. The third-order valence-electron chi connectivity index (χ3n) is 11.3. The van der Waals surface area contributed by atoms with E-state index in [0.717, 1.165) is 9.80 Å². The quantitative estimate of drug-likeness (QED) is 0.0199. The van der Waals surface area contributed by atoms with Crippen LogP contribution in [0.5, 0.6) is 0 Å². The van der Waals surface area contributed by atoms with Crippen LogP contribution < -0.4 is 47.8 Å². The van der Waals surface area contributed by atoms with Gasteiger partial charge in [0.15, 0.2) is 18.9 Å². The van der Waals surface area contributed by atoms with Gasteiger partial charge >= 0.3 is 25.5 Å². The molecule has 0 heterocycles. The maximum Gasteiger partial charge on any atom is 0.339 e. The number of rotatable bonds is 45. The summed E-state index contributed by atoms with van der Waals surface area (Å²) in [5, 5.41) is 98.9. The monoisotopic (exact) mass is 1170 g/mol. The zero-order valence-corrected chi connectivity index (χ0v) is 45.2. The smallest absolute Gasteiger partial charge is 0.339 e. The number of nitrogens with two attached hydrogens (primary N) is 2. The van der Waals surface area contributed by atoms with Crippen molar-refractivity contribution in [2.45, 2.75) is 76.1 Å². The average molecular weight is 1170 g/mol. The molecule has 21 N–H and O–H groups in total. The predicted molar refractivity (Wildman–Crippen MR) is 267 cm³/mol. The molecule has 454 valence electrons. The highest BCUT2D eigenvalue weighted by Crippen LogP contribution is 2.35. The van der Waals surface area contributed by atoms with Crippen molar-refractivity contribution < 1.29 is 113 Å². The lowest BCUT2D eigenvalue weighted by molar-refractivity contribution is -0.334. The second-order valence-corrected chi connectivity index (χ2v) is 20.8. The van der Waals surface area contributed by atoms with Gasteiger partial charge in [-0.2, -0.15) is 0 Å². The molecular weight excluding hydrogens is 1090 g/mol. The van der Waals surface area contributed by atoms with Crippen LogP contribution >= 0.6 is 15.5 Å². The van der Waals surface area contributed by atoms with Gasteiger partial charge in [-0.15, -0.1) is 0 Å². The summed E-state index contributed by atoms with van der Waals surface area (Å²) in [6, 6.07) is -6.14. The van der Waals surface area contributed by atoms with Gasteiger partial charge in [0.05, 0.1) is 46.7 Å². The predicted octanol–water partition coefficient (Wildman–Crippen LogP) is -12.3. The third kappa shape index (κ3) is 35.3. The summed E-state index contributed by atoms with van der Waals surface area (Å²) in [5.74, 6) is -8.78. The summed E-state index contributed by atoms with van der Waals surface area (Å²) in [5.41, 5.74) is 11.4. The van der Waals surface area contributed by atoms with Gasteiger partial charge in [-0.05, 0) is 13.1 Å². The number of nitrogens with zero attached hydrogens (tertiary/aromatic N) is 6. The van der Waals surface area contributed by atoms with E-state index in [-0.39, 0.29) is 58.9 Å². The Bertz CT molecular complexity index is 1910. The Labute approximate surface area is 449 Å². The minimum absolute atomic E-state index is 0.0482. The highest BCUT2D eigenvalue weighted by Gasteiger charge is 2.33. The van der Waals surface area contributed by atoms with Gasteiger partial charge in [0.1, 0.15) is 30.7 Å². The molecule has 38 heteroatoms. The maximum absolute atomic E-state index is 13.3. The van der Waals surface area contributed by atoms with E-state index in [1.807, 2.05) is 0 Å². The first kappa shape index (κ1) is 73.7. The number of carbonyl (C=O) groups excluding carboxylic acids is 5. The highest BCUT2D eigenvalue weighted by atomic mass is 31.2. The molecule has 5 amide bonds. The van der Waals surface area contributed by atoms with Crippen LogP contribution in [0.25, 0.3) is 0 Å². The van der Waals surface area contributed by atoms with Crippen molar-refractivity contribution in [1.29, 1.82) is 0 Å². The molecule has 0 aliphatic heterocycles. The fraction of sp³-hybridized carbons (Fsp3) is 0.800. The molecule has 0 aromatic carbocycles. The first-order valence-electron chi connectivity index (χ1n) is 24.2. The Morgan fingerprint density at radius 3 is 1.60 bits per heavy atom. The van der Waals surface area contributed by atoms with Crippen molar-refractivity contribution in [2.24, 2.45) is 11.5 Å². The fourth-order valence-electron chi connectivity index (χ4n) is 7.42. The number of aliphatic hydroxyl groups excluding tert-OH is 3. The topological polar surface area (TPSA) is 574 Å². The molecule has 0 aromatic heterocycles. The third-order valence-corrected chi connectivity index (χ3v) is 12.8. The first-order valence-corrected chi connectivity index (χ1v) is 27.8.